The van der Waals surface area contributed by atoms with Crippen LogP contribution in [0.5, 0.6) is 0 Å². The molecule has 37 heavy (non-hydrogen) atoms. The van der Waals surface area contributed by atoms with Gasteiger partial charge in [-0.05, 0) is 83.6 Å². The van der Waals surface area contributed by atoms with Crippen LogP contribution in [0.25, 0.3) is 11.1 Å². The average molecular weight is 557 g/mol. The highest BCUT2D eigenvalue weighted by molar-refractivity contribution is 9.10. The van der Waals surface area contributed by atoms with Crippen molar-refractivity contribution in [1.82, 2.24) is 0 Å². The van der Waals surface area contributed by atoms with Crippen molar-refractivity contribution >= 4 is 21.6 Å². The summed E-state index contributed by atoms with van der Waals surface area (Å²) in [5.74, 6) is 6.91. The molecule has 1 aliphatic rings. The maximum absolute atomic E-state index is 3.80. The van der Waals surface area contributed by atoms with Gasteiger partial charge >= 0.3 is 0 Å². The van der Waals surface area contributed by atoms with E-state index in [0.29, 0.717) is 0 Å². The highest BCUT2D eigenvalue weighted by atomic mass is 79.9. The molecule has 3 aromatic rings. The Morgan fingerprint density at radius 3 is 1.78 bits per heavy atom. The number of hydrogen-bond acceptors (Lipinski definition) is 1. The van der Waals surface area contributed by atoms with Crippen molar-refractivity contribution in [2.75, 3.05) is 19.0 Å². The molecule has 1 nitrogen and oxygen atoms in total. The van der Waals surface area contributed by atoms with E-state index in [2.05, 4.69) is 121 Å². The van der Waals surface area contributed by atoms with Gasteiger partial charge in [-0.1, -0.05) is 105 Å². The quantitative estimate of drug-likeness (QED) is 0.168. The lowest BCUT2D eigenvalue weighted by molar-refractivity contribution is 0.401. The zero-order valence-corrected chi connectivity index (χ0v) is 24.8. The molecule has 194 valence electrons. The van der Waals surface area contributed by atoms with Gasteiger partial charge in [0.25, 0.3) is 0 Å². The summed E-state index contributed by atoms with van der Waals surface area (Å²) in [6.45, 7) is 4.60. The predicted molar refractivity (Wildman–Crippen MR) is 165 cm³/mol. The second-order valence-corrected chi connectivity index (χ2v) is 11.8. The third kappa shape index (κ3) is 6.32. The summed E-state index contributed by atoms with van der Waals surface area (Å²) in [5.41, 5.74) is 9.32. The molecule has 0 amide bonds. The molecule has 1 aliphatic carbocycles. The smallest absolute Gasteiger partial charge is 0.0361 e. The lowest BCUT2D eigenvalue weighted by Gasteiger charge is -2.33. The Bertz CT molecular complexity index is 1230. The van der Waals surface area contributed by atoms with Gasteiger partial charge in [0.15, 0.2) is 0 Å². The average Bonchev–Trinajstić information content (AvgIpc) is 3.16. The minimum absolute atomic E-state index is 0.0843. The third-order valence-electron chi connectivity index (χ3n) is 7.97. The summed E-state index contributed by atoms with van der Waals surface area (Å²) in [7, 11) is 4.14. The molecule has 0 fully saturated rings. The van der Waals surface area contributed by atoms with Crippen LogP contribution in [-0.4, -0.2) is 14.1 Å². The van der Waals surface area contributed by atoms with Crippen LogP contribution in [0.1, 0.15) is 100 Å². The molecule has 0 aromatic heterocycles. The van der Waals surface area contributed by atoms with Crippen LogP contribution >= 0.6 is 15.9 Å². The van der Waals surface area contributed by atoms with Crippen LogP contribution in [0.4, 0.5) is 5.69 Å². The molecular weight excluding hydrogens is 514 g/mol. The van der Waals surface area contributed by atoms with Crippen LogP contribution in [0.15, 0.2) is 65.1 Å². The molecule has 0 radical (unpaired) electrons. The van der Waals surface area contributed by atoms with E-state index in [1.807, 2.05) is 0 Å². The number of rotatable bonds is 11. The van der Waals surface area contributed by atoms with Gasteiger partial charge < -0.3 is 4.90 Å². The number of unbranched alkanes of at least 4 members (excludes halogenated alkanes) is 6. The number of anilines is 1. The van der Waals surface area contributed by atoms with Crippen LogP contribution in [0.3, 0.4) is 0 Å². The summed E-state index contributed by atoms with van der Waals surface area (Å²) in [4.78, 5) is 2.12. The minimum atomic E-state index is 0.0843. The van der Waals surface area contributed by atoms with Crippen LogP contribution < -0.4 is 4.90 Å². The largest absolute Gasteiger partial charge is 0.378 e. The fraction of sp³-hybridized carbons (Fsp3) is 0.429. The first kappa shape index (κ1) is 27.5. The summed E-state index contributed by atoms with van der Waals surface area (Å²) in [5, 5.41) is 0. The second-order valence-electron chi connectivity index (χ2n) is 10.8. The van der Waals surface area contributed by atoms with Gasteiger partial charge in [-0.2, -0.15) is 0 Å². The Morgan fingerprint density at radius 2 is 1.19 bits per heavy atom. The highest BCUT2D eigenvalue weighted by Gasteiger charge is 2.42. The van der Waals surface area contributed by atoms with E-state index in [1.54, 1.807) is 0 Å². The van der Waals surface area contributed by atoms with Gasteiger partial charge in [0, 0.05) is 40.8 Å². The molecule has 0 atom stereocenters. The second kappa shape index (κ2) is 12.8. The van der Waals surface area contributed by atoms with Crippen molar-refractivity contribution in [3.63, 3.8) is 0 Å². The van der Waals surface area contributed by atoms with E-state index in [9.17, 15) is 0 Å². The number of benzene rings is 3. The molecule has 3 aromatic carbocycles. The molecule has 0 heterocycles. The highest BCUT2D eigenvalue weighted by Crippen LogP contribution is 2.55. The van der Waals surface area contributed by atoms with Gasteiger partial charge in [-0.3, -0.25) is 0 Å². The Balaban J connectivity index is 1.73. The van der Waals surface area contributed by atoms with E-state index in [0.717, 1.165) is 11.1 Å². The monoisotopic (exact) mass is 555 g/mol. The molecule has 0 saturated heterocycles. The number of fused-ring (bicyclic) bond motifs is 3. The van der Waals surface area contributed by atoms with Crippen molar-refractivity contribution in [2.45, 2.75) is 83.5 Å². The van der Waals surface area contributed by atoms with Gasteiger partial charge in [0.05, 0.1) is 0 Å². The van der Waals surface area contributed by atoms with Crippen LogP contribution in [-0.2, 0) is 5.41 Å². The third-order valence-corrected chi connectivity index (χ3v) is 8.46. The molecule has 0 aliphatic heterocycles. The standard InChI is InChI=1S/C35H42BrN/c1-5-7-9-11-23-35(24-12-10-8-6-2)33-25-28(14-13-27-15-19-30(20-16-27)37(3)4)17-21-31(33)32-22-18-29(36)26-34(32)35/h15-22,25-26H,5-12,23-24H2,1-4H3. The number of hydrogen-bond donors (Lipinski definition) is 0. The molecule has 0 N–H and O–H groups in total. The topological polar surface area (TPSA) is 3.24 Å². The first-order valence-corrected chi connectivity index (χ1v) is 15.0. The maximum atomic E-state index is 3.80. The normalized spacial score (nSPS) is 13.0. The molecule has 0 saturated carbocycles. The number of nitrogens with zero attached hydrogens (tertiary/aromatic N) is 1. The van der Waals surface area contributed by atoms with Crippen molar-refractivity contribution < 1.29 is 0 Å². The lowest BCUT2D eigenvalue weighted by atomic mass is 9.70. The molecule has 0 spiro atoms. The molecule has 0 unspecified atom stereocenters. The van der Waals surface area contributed by atoms with E-state index in [-0.39, 0.29) is 5.41 Å². The van der Waals surface area contributed by atoms with E-state index < -0.39 is 0 Å². The first-order valence-electron chi connectivity index (χ1n) is 14.2. The Labute approximate surface area is 233 Å². The molecule has 0 bridgehead atoms. The van der Waals surface area contributed by atoms with E-state index in [1.165, 1.54) is 96.6 Å². The van der Waals surface area contributed by atoms with Crippen molar-refractivity contribution in [3.8, 4) is 23.0 Å². The molecule has 4 rings (SSSR count). The van der Waals surface area contributed by atoms with E-state index >= 15 is 0 Å². The summed E-state index contributed by atoms with van der Waals surface area (Å²) < 4.78 is 1.19. The fourth-order valence-electron chi connectivity index (χ4n) is 5.90. The van der Waals surface area contributed by atoms with Crippen molar-refractivity contribution in [1.29, 1.82) is 0 Å². The lowest BCUT2D eigenvalue weighted by Crippen LogP contribution is -2.25. The summed E-state index contributed by atoms with van der Waals surface area (Å²) >= 11 is 3.80. The summed E-state index contributed by atoms with van der Waals surface area (Å²) in [6.07, 6.45) is 12.8. The van der Waals surface area contributed by atoms with Crippen molar-refractivity contribution in [3.05, 3.63) is 87.4 Å². The first-order chi connectivity index (χ1) is 18.0. The Kier molecular flexibility index (Phi) is 9.55. The van der Waals surface area contributed by atoms with Gasteiger partial charge in [0.2, 0.25) is 0 Å². The maximum Gasteiger partial charge on any atom is 0.0361 e. The SMILES string of the molecule is CCCCCCC1(CCCCCC)c2cc(Br)ccc2-c2ccc(C#Cc3ccc(N(C)C)cc3)cc21. The van der Waals surface area contributed by atoms with Gasteiger partial charge in [-0.15, -0.1) is 0 Å². The van der Waals surface area contributed by atoms with Crippen LogP contribution in [0.2, 0.25) is 0 Å². The minimum Gasteiger partial charge on any atom is -0.378 e. The Hall–Kier alpha value is -2.50. The molecular formula is C35H42BrN. The predicted octanol–water partition coefficient (Wildman–Crippen LogP) is 10.1. The van der Waals surface area contributed by atoms with Gasteiger partial charge in [-0.25, -0.2) is 0 Å². The molecule has 2 heteroatoms. The van der Waals surface area contributed by atoms with E-state index in [4.69, 9.17) is 0 Å². The van der Waals surface area contributed by atoms with Gasteiger partial charge in [0.1, 0.15) is 0 Å². The van der Waals surface area contributed by atoms with Crippen molar-refractivity contribution in [2.24, 2.45) is 0 Å². The van der Waals surface area contributed by atoms with Crippen LogP contribution in [0, 0.1) is 11.8 Å². The zero-order valence-electron chi connectivity index (χ0n) is 23.2. The fourth-order valence-corrected chi connectivity index (χ4v) is 6.26. The zero-order chi connectivity index (χ0) is 26.3. The number of halogens is 1. The Morgan fingerprint density at radius 1 is 0.649 bits per heavy atom. The summed E-state index contributed by atoms with van der Waals surface area (Å²) in [6, 6.07) is 22.4.